The van der Waals surface area contributed by atoms with Crippen LogP contribution in [-0.2, 0) is 11.9 Å². The fourth-order valence-corrected chi connectivity index (χ4v) is 2.44. The summed E-state index contributed by atoms with van der Waals surface area (Å²) in [4.78, 5) is 0. The molecular formula is C13H14BrClFN3. The number of alkyl halides is 1. The van der Waals surface area contributed by atoms with Gasteiger partial charge < -0.3 is 4.57 Å². The highest BCUT2D eigenvalue weighted by Crippen LogP contribution is 2.25. The van der Waals surface area contributed by atoms with Crippen molar-refractivity contribution in [1.82, 2.24) is 14.8 Å². The Bertz CT molecular complexity index is 583. The standard InChI is InChI=1S/C13H14BrClFN3/c1-8(2)7-19-12(6-14)17-18-13(19)9-3-4-11(16)10(15)5-9/h3-5,8H,6-7H2,1-2H3. The molecular weight excluding hydrogens is 333 g/mol. The number of hydrogen-bond donors (Lipinski definition) is 0. The maximum absolute atomic E-state index is 13.2. The maximum atomic E-state index is 13.2. The van der Waals surface area contributed by atoms with Crippen LogP contribution in [0.2, 0.25) is 5.02 Å². The van der Waals surface area contributed by atoms with Crippen LogP contribution in [0.1, 0.15) is 19.7 Å². The van der Waals surface area contributed by atoms with Gasteiger partial charge in [-0.3, -0.25) is 0 Å². The summed E-state index contributed by atoms with van der Waals surface area (Å²) in [5.74, 6) is 1.60. The van der Waals surface area contributed by atoms with Crippen LogP contribution in [0.3, 0.4) is 0 Å². The smallest absolute Gasteiger partial charge is 0.164 e. The molecule has 0 bridgehead atoms. The van der Waals surface area contributed by atoms with E-state index in [1.165, 1.54) is 6.07 Å². The Balaban J connectivity index is 2.48. The third-order valence-corrected chi connectivity index (χ3v) is 3.46. The van der Waals surface area contributed by atoms with E-state index in [9.17, 15) is 4.39 Å². The first kappa shape index (κ1) is 14.5. The van der Waals surface area contributed by atoms with Crippen LogP contribution in [0, 0.1) is 11.7 Å². The average Bonchev–Trinajstić information content (AvgIpc) is 2.75. The molecule has 0 aliphatic rings. The summed E-state index contributed by atoms with van der Waals surface area (Å²) >= 11 is 9.22. The van der Waals surface area contributed by atoms with Crippen molar-refractivity contribution in [3.63, 3.8) is 0 Å². The molecule has 0 aliphatic carbocycles. The van der Waals surface area contributed by atoms with Gasteiger partial charge in [0.25, 0.3) is 0 Å². The predicted molar refractivity (Wildman–Crippen MR) is 77.9 cm³/mol. The Morgan fingerprint density at radius 3 is 2.68 bits per heavy atom. The predicted octanol–water partition coefficient (Wildman–Crippen LogP) is 4.29. The molecule has 3 nitrogen and oxygen atoms in total. The first-order valence-electron chi connectivity index (χ1n) is 5.96. The van der Waals surface area contributed by atoms with Crippen LogP contribution in [0.5, 0.6) is 0 Å². The van der Waals surface area contributed by atoms with Crippen LogP contribution in [0.15, 0.2) is 18.2 Å². The average molecular weight is 347 g/mol. The van der Waals surface area contributed by atoms with Gasteiger partial charge in [-0.2, -0.15) is 0 Å². The molecule has 102 valence electrons. The lowest BCUT2D eigenvalue weighted by molar-refractivity contribution is 0.516. The van der Waals surface area contributed by atoms with Crippen molar-refractivity contribution in [3.05, 3.63) is 34.9 Å². The zero-order valence-electron chi connectivity index (χ0n) is 10.7. The summed E-state index contributed by atoms with van der Waals surface area (Å²) in [6, 6.07) is 4.59. The number of hydrogen-bond acceptors (Lipinski definition) is 2. The van der Waals surface area contributed by atoms with Crippen LogP contribution >= 0.6 is 27.5 Å². The second-order valence-corrected chi connectivity index (χ2v) is 5.67. The molecule has 19 heavy (non-hydrogen) atoms. The van der Waals surface area contributed by atoms with Crippen molar-refractivity contribution in [3.8, 4) is 11.4 Å². The maximum Gasteiger partial charge on any atom is 0.164 e. The lowest BCUT2D eigenvalue weighted by Crippen LogP contribution is -2.09. The molecule has 0 aliphatic heterocycles. The minimum atomic E-state index is -0.430. The zero-order valence-corrected chi connectivity index (χ0v) is 13.0. The zero-order chi connectivity index (χ0) is 14.0. The first-order valence-corrected chi connectivity index (χ1v) is 7.46. The first-order chi connectivity index (χ1) is 9.02. The highest BCUT2D eigenvalue weighted by atomic mass is 79.9. The summed E-state index contributed by atoms with van der Waals surface area (Å²) in [5, 5.41) is 9.05. The van der Waals surface area contributed by atoms with Crippen LogP contribution < -0.4 is 0 Å². The number of nitrogens with zero attached hydrogens (tertiary/aromatic N) is 3. The molecule has 0 amide bonds. The molecule has 0 unspecified atom stereocenters. The van der Waals surface area contributed by atoms with Crippen LogP contribution in [-0.4, -0.2) is 14.8 Å². The molecule has 1 aromatic heterocycles. The van der Waals surface area contributed by atoms with E-state index >= 15 is 0 Å². The second-order valence-electron chi connectivity index (χ2n) is 4.71. The largest absolute Gasteiger partial charge is 0.310 e. The summed E-state index contributed by atoms with van der Waals surface area (Å²) < 4.78 is 15.2. The quantitative estimate of drug-likeness (QED) is 0.773. The van der Waals surface area contributed by atoms with E-state index < -0.39 is 5.82 Å². The molecule has 1 aromatic carbocycles. The van der Waals surface area contributed by atoms with Crippen molar-refractivity contribution in [2.45, 2.75) is 25.7 Å². The van der Waals surface area contributed by atoms with E-state index in [1.807, 2.05) is 4.57 Å². The molecule has 0 N–H and O–H groups in total. The normalized spacial score (nSPS) is 11.3. The van der Waals surface area contributed by atoms with Gasteiger partial charge in [0, 0.05) is 12.1 Å². The molecule has 6 heteroatoms. The third-order valence-electron chi connectivity index (χ3n) is 2.67. The number of benzene rings is 1. The molecule has 0 radical (unpaired) electrons. The lowest BCUT2D eigenvalue weighted by Gasteiger charge is -2.12. The van der Waals surface area contributed by atoms with Gasteiger partial charge in [-0.25, -0.2) is 4.39 Å². The Kier molecular flexibility index (Phi) is 4.58. The molecule has 0 spiro atoms. The highest BCUT2D eigenvalue weighted by Gasteiger charge is 2.15. The fourth-order valence-electron chi connectivity index (χ4n) is 1.84. The molecule has 1 heterocycles. The SMILES string of the molecule is CC(C)Cn1c(CBr)nnc1-c1ccc(F)c(Cl)c1. The van der Waals surface area contributed by atoms with Gasteiger partial charge in [-0.15, -0.1) is 10.2 Å². The highest BCUT2D eigenvalue weighted by molar-refractivity contribution is 9.08. The fraction of sp³-hybridized carbons (Fsp3) is 0.385. The second kappa shape index (κ2) is 6.01. The van der Waals surface area contributed by atoms with E-state index in [1.54, 1.807) is 12.1 Å². The van der Waals surface area contributed by atoms with Gasteiger partial charge in [0.15, 0.2) is 5.82 Å². The molecule has 0 fully saturated rings. The van der Waals surface area contributed by atoms with E-state index in [0.29, 0.717) is 17.1 Å². The Hall–Kier alpha value is -0.940. The summed E-state index contributed by atoms with van der Waals surface area (Å²) in [5.41, 5.74) is 0.770. The molecule has 2 rings (SSSR count). The van der Waals surface area contributed by atoms with Crippen molar-refractivity contribution >= 4 is 27.5 Å². The van der Waals surface area contributed by atoms with Crippen molar-refractivity contribution in [2.24, 2.45) is 5.92 Å². The van der Waals surface area contributed by atoms with E-state index in [2.05, 4.69) is 40.0 Å². The summed E-state index contributed by atoms with van der Waals surface area (Å²) in [6.45, 7) is 5.05. The minimum Gasteiger partial charge on any atom is -0.310 e. The monoisotopic (exact) mass is 345 g/mol. The van der Waals surface area contributed by atoms with Gasteiger partial charge >= 0.3 is 0 Å². The van der Waals surface area contributed by atoms with Crippen molar-refractivity contribution in [2.75, 3.05) is 0 Å². The lowest BCUT2D eigenvalue weighted by atomic mass is 10.2. The number of rotatable bonds is 4. The molecule has 0 saturated carbocycles. The molecule has 0 saturated heterocycles. The number of aromatic nitrogens is 3. The van der Waals surface area contributed by atoms with Gasteiger partial charge in [-0.1, -0.05) is 41.4 Å². The topological polar surface area (TPSA) is 30.7 Å². The molecule has 2 aromatic rings. The van der Waals surface area contributed by atoms with Crippen molar-refractivity contribution < 1.29 is 4.39 Å². The van der Waals surface area contributed by atoms with Gasteiger partial charge in [0.2, 0.25) is 0 Å². The van der Waals surface area contributed by atoms with Gasteiger partial charge in [0.1, 0.15) is 11.6 Å². The van der Waals surface area contributed by atoms with Crippen molar-refractivity contribution in [1.29, 1.82) is 0 Å². The number of halogens is 3. The minimum absolute atomic E-state index is 0.0944. The third kappa shape index (κ3) is 3.15. The van der Waals surface area contributed by atoms with Gasteiger partial charge in [-0.05, 0) is 24.1 Å². The van der Waals surface area contributed by atoms with Crippen LogP contribution in [0.4, 0.5) is 4.39 Å². The summed E-state index contributed by atoms with van der Waals surface area (Å²) in [6.07, 6.45) is 0. The van der Waals surface area contributed by atoms with Gasteiger partial charge in [0.05, 0.1) is 10.4 Å². The van der Waals surface area contributed by atoms with E-state index in [0.717, 1.165) is 17.9 Å². The molecule has 0 atom stereocenters. The van der Waals surface area contributed by atoms with Crippen LogP contribution in [0.25, 0.3) is 11.4 Å². The summed E-state index contributed by atoms with van der Waals surface area (Å²) in [7, 11) is 0. The Morgan fingerprint density at radius 1 is 1.37 bits per heavy atom. The van der Waals surface area contributed by atoms with E-state index in [4.69, 9.17) is 11.6 Å². The van der Waals surface area contributed by atoms with E-state index in [-0.39, 0.29) is 5.02 Å². The Morgan fingerprint density at radius 2 is 2.11 bits per heavy atom. The Labute approximate surface area is 124 Å².